The van der Waals surface area contributed by atoms with Gasteiger partial charge in [-0.3, -0.25) is 4.99 Å². The summed E-state index contributed by atoms with van der Waals surface area (Å²) in [6, 6.07) is 0. The number of nitrogens with two attached hydrogens (primary N) is 1. The van der Waals surface area contributed by atoms with Crippen molar-refractivity contribution in [3.05, 3.63) is 9.90 Å². The van der Waals surface area contributed by atoms with Crippen LogP contribution in [-0.2, 0) is 0 Å². The highest BCUT2D eigenvalue weighted by molar-refractivity contribution is 14.1. The summed E-state index contributed by atoms with van der Waals surface area (Å²) in [4.78, 5) is 3.84. The molecule has 7 heavy (non-hydrogen) atoms. The highest BCUT2D eigenvalue weighted by Gasteiger charge is 1.74. The first kappa shape index (κ1) is 6.94. The zero-order chi connectivity index (χ0) is 5.70. The molecule has 3 heteroatoms. The molecule has 0 unspecified atom stereocenters. The Bertz CT molecular complexity index is 95.9. The maximum Gasteiger partial charge on any atom is 0.116 e. The topological polar surface area (TPSA) is 38.4 Å². The van der Waals surface area contributed by atoms with Crippen LogP contribution < -0.4 is 5.73 Å². The number of nitrogens with zero attached hydrogens (tertiary/aromatic N) is 1. The Morgan fingerprint density at radius 2 is 2.43 bits per heavy atom. The molecule has 0 aromatic heterocycles. The van der Waals surface area contributed by atoms with Gasteiger partial charge in [0.1, 0.15) is 3.70 Å². The summed E-state index contributed by atoms with van der Waals surface area (Å²) < 4.78 is 0.820. The average Bonchev–Trinajstić information content (AvgIpc) is 1.68. The van der Waals surface area contributed by atoms with Crippen LogP contribution in [0.1, 0.15) is 6.92 Å². The van der Waals surface area contributed by atoms with Crippen LogP contribution >= 0.6 is 22.6 Å². The average molecular weight is 210 g/mol. The van der Waals surface area contributed by atoms with Crippen LogP contribution in [0, 0.1) is 0 Å². The molecule has 0 fully saturated rings. The summed E-state index contributed by atoms with van der Waals surface area (Å²) in [6.07, 6.45) is 3.16. The van der Waals surface area contributed by atoms with E-state index in [9.17, 15) is 0 Å². The Morgan fingerprint density at radius 3 is 2.57 bits per heavy atom. The molecule has 0 saturated heterocycles. The van der Waals surface area contributed by atoms with Crippen molar-refractivity contribution in [2.75, 3.05) is 0 Å². The number of rotatable bonds is 1. The first-order valence-corrected chi connectivity index (χ1v) is 2.95. The Kier molecular flexibility index (Phi) is 4.07. The van der Waals surface area contributed by atoms with Gasteiger partial charge in [0.15, 0.2) is 0 Å². The fourth-order valence-electron chi connectivity index (χ4n) is 0.166. The van der Waals surface area contributed by atoms with Crippen molar-refractivity contribution in [1.82, 2.24) is 0 Å². The quantitative estimate of drug-likeness (QED) is 0.395. The van der Waals surface area contributed by atoms with E-state index in [0.29, 0.717) is 0 Å². The van der Waals surface area contributed by atoms with Gasteiger partial charge in [0, 0.05) is 12.4 Å². The molecular weight excluding hydrogens is 203 g/mol. The number of aliphatic imine (C=N–C) groups is 1. The van der Waals surface area contributed by atoms with E-state index < -0.39 is 0 Å². The highest BCUT2D eigenvalue weighted by atomic mass is 127. The molecule has 2 N–H and O–H groups in total. The van der Waals surface area contributed by atoms with Gasteiger partial charge in [0.25, 0.3) is 0 Å². The number of hydrogen-bond acceptors (Lipinski definition) is 2. The third kappa shape index (κ3) is 3.78. The summed E-state index contributed by atoms with van der Waals surface area (Å²) in [7, 11) is 0. The molecule has 0 radical (unpaired) electrons. The molecule has 0 atom stereocenters. The maximum absolute atomic E-state index is 5.07. The van der Waals surface area contributed by atoms with Crippen molar-refractivity contribution in [3.63, 3.8) is 0 Å². The molecule has 40 valence electrons. The lowest BCUT2D eigenvalue weighted by Crippen LogP contribution is -1.77. The van der Waals surface area contributed by atoms with E-state index in [4.69, 9.17) is 5.73 Å². The third-order valence-electron chi connectivity index (χ3n) is 0.390. The predicted octanol–water partition coefficient (Wildman–Crippen LogP) is 1.27. The SMILES string of the molecule is CC=N/C(I)=C\N. The van der Waals surface area contributed by atoms with Gasteiger partial charge in [0.2, 0.25) is 0 Å². The van der Waals surface area contributed by atoms with Crippen molar-refractivity contribution >= 4 is 28.8 Å². The van der Waals surface area contributed by atoms with Gasteiger partial charge in [0.05, 0.1) is 0 Å². The first-order valence-electron chi connectivity index (χ1n) is 1.87. The lowest BCUT2D eigenvalue weighted by atomic mass is 10.8. The minimum Gasteiger partial charge on any atom is -0.402 e. The monoisotopic (exact) mass is 210 g/mol. The van der Waals surface area contributed by atoms with Crippen LogP contribution in [-0.4, -0.2) is 6.21 Å². The van der Waals surface area contributed by atoms with Crippen molar-refractivity contribution in [2.24, 2.45) is 10.7 Å². The van der Waals surface area contributed by atoms with Gasteiger partial charge in [-0.1, -0.05) is 0 Å². The summed E-state index contributed by atoms with van der Waals surface area (Å²) in [5.41, 5.74) is 5.07. The lowest BCUT2D eigenvalue weighted by Gasteiger charge is -1.79. The Morgan fingerprint density at radius 1 is 1.86 bits per heavy atom. The third-order valence-corrected chi connectivity index (χ3v) is 1.03. The predicted molar refractivity (Wildman–Crippen MR) is 40.5 cm³/mol. The van der Waals surface area contributed by atoms with Crippen molar-refractivity contribution < 1.29 is 0 Å². The zero-order valence-electron chi connectivity index (χ0n) is 4.06. The molecular formula is C4H7IN2. The standard InChI is InChI=1S/C4H7IN2/c1-2-7-4(5)3-6/h2-3H,6H2,1H3/b4-3-,7-2?. The van der Waals surface area contributed by atoms with E-state index in [1.165, 1.54) is 6.20 Å². The minimum absolute atomic E-state index is 0.820. The number of hydrogen-bond donors (Lipinski definition) is 1. The molecule has 0 heterocycles. The van der Waals surface area contributed by atoms with Crippen LogP contribution in [0.2, 0.25) is 0 Å². The molecule has 0 spiro atoms. The van der Waals surface area contributed by atoms with Crippen LogP contribution in [0.25, 0.3) is 0 Å². The smallest absolute Gasteiger partial charge is 0.116 e. The second kappa shape index (κ2) is 4.11. The largest absolute Gasteiger partial charge is 0.402 e. The molecule has 0 aliphatic heterocycles. The fourth-order valence-corrected chi connectivity index (χ4v) is 0.445. The summed E-state index contributed by atoms with van der Waals surface area (Å²) in [5.74, 6) is 0. The first-order chi connectivity index (χ1) is 3.31. The zero-order valence-corrected chi connectivity index (χ0v) is 6.21. The van der Waals surface area contributed by atoms with Gasteiger partial charge in [-0.2, -0.15) is 0 Å². The Labute approximate surface area is 56.6 Å². The van der Waals surface area contributed by atoms with Gasteiger partial charge in [-0.25, -0.2) is 0 Å². The molecule has 2 nitrogen and oxygen atoms in total. The molecule has 0 saturated carbocycles. The van der Waals surface area contributed by atoms with Crippen LogP contribution in [0.3, 0.4) is 0 Å². The second-order valence-electron chi connectivity index (χ2n) is 0.877. The lowest BCUT2D eigenvalue weighted by molar-refractivity contribution is 1.47. The van der Waals surface area contributed by atoms with E-state index >= 15 is 0 Å². The minimum atomic E-state index is 0.820. The molecule has 0 bridgehead atoms. The number of halogens is 1. The van der Waals surface area contributed by atoms with Gasteiger partial charge >= 0.3 is 0 Å². The molecule has 0 aliphatic carbocycles. The van der Waals surface area contributed by atoms with Crippen molar-refractivity contribution in [3.8, 4) is 0 Å². The summed E-state index contributed by atoms with van der Waals surface area (Å²) >= 11 is 2.04. The van der Waals surface area contributed by atoms with E-state index in [2.05, 4.69) is 4.99 Å². The summed E-state index contributed by atoms with van der Waals surface area (Å²) in [6.45, 7) is 1.85. The van der Waals surface area contributed by atoms with Gasteiger partial charge in [-0.05, 0) is 29.5 Å². The highest BCUT2D eigenvalue weighted by Crippen LogP contribution is 2.02. The Balaban J connectivity index is 3.58. The maximum atomic E-state index is 5.07. The molecule has 0 aliphatic rings. The van der Waals surface area contributed by atoms with Crippen LogP contribution in [0.5, 0.6) is 0 Å². The molecule has 0 amide bonds. The fraction of sp³-hybridized carbons (Fsp3) is 0.250. The van der Waals surface area contributed by atoms with Crippen molar-refractivity contribution in [1.29, 1.82) is 0 Å². The van der Waals surface area contributed by atoms with Gasteiger partial charge in [-0.15, -0.1) is 0 Å². The van der Waals surface area contributed by atoms with E-state index in [0.717, 1.165) is 3.70 Å². The molecule has 0 aromatic carbocycles. The van der Waals surface area contributed by atoms with Crippen LogP contribution in [0.15, 0.2) is 14.9 Å². The van der Waals surface area contributed by atoms with E-state index in [1.54, 1.807) is 6.21 Å². The molecule has 0 rings (SSSR count). The van der Waals surface area contributed by atoms with E-state index in [-0.39, 0.29) is 0 Å². The van der Waals surface area contributed by atoms with Crippen molar-refractivity contribution in [2.45, 2.75) is 6.92 Å². The second-order valence-corrected chi connectivity index (χ2v) is 1.98. The summed E-state index contributed by atoms with van der Waals surface area (Å²) in [5, 5.41) is 0. The van der Waals surface area contributed by atoms with Gasteiger partial charge < -0.3 is 5.73 Å². The Hall–Kier alpha value is -0.0600. The molecule has 0 aromatic rings. The normalized spacial score (nSPS) is 13.1. The van der Waals surface area contributed by atoms with E-state index in [1.807, 2.05) is 29.5 Å². The van der Waals surface area contributed by atoms with Crippen LogP contribution in [0.4, 0.5) is 0 Å².